The van der Waals surface area contributed by atoms with Crippen LogP contribution in [0, 0.1) is 23.7 Å². The Morgan fingerprint density at radius 3 is 1.23 bits per heavy atom. The lowest BCUT2D eigenvalue weighted by molar-refractivity contribution is -0.123. The van der Waals surface area contributed by atoms with E-state index in [1.54, 1.807) is 0 Å². The summed E-state index contributed by atoms with van der Waals surface area (Å²) in [5, 5.41) is 5.78. The summed E-state index contributed by atoms with van der Waals surface area (Å²) < 4.78 is 0. The van der Waals surface area contributed by atoms with E-state index in [1.165, 1.54) is 51.4 Å². The minimum Gasteiger partial charge on any atom is -0.354 e. The van der Waals surface area contributed by atoms with Gasteiger partial charge < -0.3 is 10.6 Å². The van der Waals surface area contributed by atoms with E-state index in [4.69, 9.17) is 0 Å². The quantitative estimate of drug-likeness (QED) is 0.215. The molecule has 0 aromatic heterocycles. The number of rotatable bonds is 19. The third kappa shape index (κ3) is 22.4. The predicted octanol–water partition coefficient (Wildman–Crippen LogP) is 5.51. The molecule has 0 atom stereocenters. The van der Waals surface area contributed by atoms with Gasteiger partial charge in [-0.25, -0.2) is 0 Å². The highest BCUT2D eigenvalue weighted by Gasteiger charge is 2.03. The number of amides is 2. The van der Waals surface area contributed by atoms with Crippen LogP contribution in [0.4, 0.5) is 0 Å². The molecule has 0 radical (unpaired) electrons. The Morgan fingerprint density at radius 2 is 0.867 bits per heavy atom. The molecule has 0 heterocycles. The van der Waals surface area contributed by atoms with E-state index in [1.807, 2.05) is 13.8 Å². The van der Waals surface area contributed by atoms with Crippen LogP contribution >= 0.6 is 0 Å². The van der Waals surface area contributed by atoms with Crippen LogP contribution in [0.3, 0.4) is 0 Å². The maximum absolute atomic E-state index is 11.8. The standard InChI is InChI=1S/C26H44N2O2/c1-3-5-7-9-11-13-15-17-19-21-25(29)27-23-24-28-26(30)22-20-18-16-14-12-10-8-6-4-2/h7-24H2,1-2H3,(H,27,29)(H,28,30). The third-order valence-corrected chi connectivity index (χ3v) is 5.03. The number of hydrogen-bond donors (Lipinski definition) is 2. The van der Waals surface area contributed by atoms with Gasteiger partial charge >= 0.3 is 0 Å². The Bertz CT molecular complexity index is 499. The first-order valence-electron chi connectivity index (χ1n) is 12.0. The van der Waals surface area contributed by atoms with Gasteiger partial charge in [0.05, 0.1) is 0 Å². The van der Waals surface area contributed by atoms with Gasteiger partial charge in [-0.05, 0) is 39.5 Å². The van der Waals surface area contributed by atoms with Crippen LogP contribution in [0.1, 0.15) is 117 Å². The molecule has 0 saturated carbocycles. The molecule has 0 aromatic rings. The molecular formula is C26H44N2O2. The second-order valence-electron chi connectivity index (χ2n) is 7.80. The fourth-order valence-corrected chi connectivity index (χ4v) is 3.24. The van der Waals surface area contributed by atoms with Crippen molar-refractivity contribution in [2.24, 2.45) is 0 Å². The molecule has 4 nitrogen and oxygen atoms in total. The Kier molecular flexibility index (Phi) is 21.8. The van der Waals surface area contributed by atoms with Crippen LogP contribution in [0.5, 0.6) is 0 Å². The van der Waals surface area contributed by atoms with Gasteiger partial charge in [0.2, 0.25) is 11.8 Å². The SMILES string of the molecule is CC#CCCCCCCCCC(=O)NCCNC(=O)CCCCCCCCC#CC. The second kappa shape index (κ2) is 23.3. The molecule has 2 amide bonds. The van der Waals surface area contributed by atoms with Crippen molar-refractivity contribution in [3.05, 3.63) is 0 Å². The first-order chi connectivity index (χ1) is 14.7. The molecule has 0 aliphatic carbocycles. The van der Waals surface area contributed by atoms with E-state index in [9.17, 15) is 9.59 Å². The van der Waals surface area contributed by atoms with Gasteiger partial charge in [0.15, 0.2) is 0 Å². The molecule has 0 unspecified atom stereocenters. The van der Waals surface area contributed by atoms with Gasteiger partial charge in [-0.3, -0.25) is 9.59 Å². The minimum absolute atomic E-state index is 0.0902. The van der Waals surface area contributed by atoms with Crippen molar-refractivity contribution in [3.63, 3.8) is 0 Å². The molecule has 0 aliphatic heterocycles. The first kappa shape index (κ1) is 28.1. The molecule has 0 aromatic carbocycles. The van der Waals surface area contributed by atoms with E-state index in [2.05, 4.69) is 34.3 Å². The Morgan fingerprint density at radius 1 is 0.533 bits per heavy atom. The normalized spacial score (nSPS) is 9.80. The maximum atomic E-state index is 11.8. The fourth-order valence-electron chi connectivity index (χ4n) is 3.24. The van der Waals surface area contributed by atoms with Crippen molar-refractivity contribution in [3.8, 4) is 23.7 Å². The second-order valence-corrected chi connectivity index (χ2v) is 7.80. The van der Waals surface area contributed by atoms with Crippen molar-refractivity contribution >= 4 is 11.8 Å². The largest absolute Gasteiger partial charge is 0.354 e. The molecule has 4 heteroatoms. The smallest absolute Gasteiger partial charge is 0.220 e. The molecule has 0 fully saturated rings. The van der Waals surface area contributed by atoms with Gasteiger partial charge in [0, 0.05) is 38.8 Å². The number of carbonyl (C=O) groups is 2. The van der Waals surface area contributed by atoms with E-state index < -0.39 is 0 Å². The molecule has 30 heavy (non-hydrogen) atoms. The van der Waals surface area contributed by atoms with Gasteiger partial charge in [0.25, 0.3) is 0 Å². The molecule has 0 aliphatic rings. The average molecular weight is 417 g/mol. The van der Waals surface area contributed by atoms with Crippen LogP contribution in [0.2, 0.25) is 0 Å². The van der Waals surface area contributed by atoms with Crippen LogP contribution < -0.4 is 10.6 Å². The predicted molar refractivity (Wildman–Crippen MR) is 127 cm³/mol. The van der Waals surface area contributed by atoms with Gasteiger partial charge in [0.1, 0.15) is 0 Å². The van der Waals surface area contributed by atoms with Crippen LogP contribution in [0.15, 0.2) is 0 Å². The summed E-state index contributed by atoms with van der Waals surface area (Å²) in [5.74, 6) is 12.2. The molecule has 0 saturated heterocycles. The van der Waals surface area contributed by atoms with Crippen molar-refractivity contribution in [2.45, 2.75) is 117 Å². The number of nitrogens with one attached hydrogen (secondary N) is 2. The highest BCUT2D eigenvalue weighted by atomic mass is 16.2. The van der Waals surface area contributed by atoms with E-state index in [-0.39, 0.29) is 11.8 Å². The summed E-state index contributed by atoms with van der Waals surface area (Å²) in [6.07, 6.45) is 16.9. The highest BCUT2D eigenvalue weighted by molar-refractivity contribution is 5.77. The Balaban J connectivity index is 3.34. The molecule has 0 spiro atoms. The number of carbonyl (C=O) groups excluding carboxylic acids is 2. The topological polar surface area (TPSA) is 58.2 Å². The summed E-state index contributed by atoms with van der Waals surface area (Å²) >= 11 is 0. The van der Waals surface area contributed by atoms with Crippen LogP contribution in [-0.2, 0) is 9.59 Å². The lowest BCUT2D eigenvalue weighted by Crippen LogP contribution is -2.34. The summed E-state index contributed by atoms with van der Waals surface area (Å²) in [4.78, 5) is 23.6. The zero-order valence-electron chi connectivity index (χ0n) is 19.5. The van der Waals surface area contributed by atoms with Crippen molar-refractivity contribution in [1.82, 2.24) is 10.6 Å². The Labute approximate surface area is 185 Å². The summed E-state index contributed by atoms with van der Waals surface area (Å²) in [5.41, 5.74) is 0. The molecular weight excluding hydrogens is 372 g/mol. The maximum Gasteiger partial charge on any atom is 0.220 e. The van der Waals surface area contributed by atoms with Gasteiger partial charge in [-0.2, -0.15) is 0 Å². The average Bonchev–Trinajstić information content (AvgIpc) is 2.74. The van der Waals surface area contributed by atoms with E-state index in [0.29, 0.717) is 25.9 Å². The van der Waals surface area contributed by atoms with Crippen LogP contribution in [0.25, 0.3) is 0 Å². The first-order valence-corrected chi connectivity index (χ1v) is 12.0. The lowest BCUT2D eigenvalue weighted by Gasteiger charge is -2.07. The zero-order chi connectivity index (χ0) is 22.1. The van der Waals surface area contributed by atoms with Crippen molar-refractivity contribution in [2.75, 3.05) is 13.1 Å². The zero-order valence-corrected chi connectivity index (χ0v) is 19.5. The van der Waals surface area contributed by atoms with Gasteiger partial charge in [-0.1, -0.05) is 51.4 Å². The minimum atomic E-state index is 0.0902. The van der Waals surface area contributed by atoms with Gasteiger partial charge in [-0.15, -0.1) is 23.7 Å². The van der Waals surface area contributed by atoms with Crippen molar-refractivity contribution < 1.29 is 9.59 Å². The fraction of sp³-hybridized carbons (Fsp3) is 0.769. The molecule has 170 valence electrons. The monoisotopic (exact) mass is 416 g/mol. The summed E-state index contributed by atoms with van der Waals surface area (Å²) in [6.45, 7) is 4.80. The Hall–Kier alpha value is -1.94. The number of hydrogen-bond acceptors (Lipinski definition) is 2. The summed E-state index contributed by atoms with van der Waals surface area (Å²) in [7, 11) is 0. The highest BCUT2D eigenvalue weighted by Crippen LogP contribution is 2.09. The van der Waals surface area contributed by atoms with E-state index >= 15 is 0 Å². The molecule has 0 bridgehead atoms. The van der Waals surface area contributed by atoms with Crippen LogP contribution in [-0.4, -0.2) is 24.9 Å². The molecule has 0 rings (SSSR count). The summed E-state index contributed by atoms with van der Waals surface area (Å²) in [6, 6.07) is 0. The number of unbranched alkanes of at least 4 members (excludes halogenated alkanes) is 12. The lowest BCUT2D eigenvalue weighted by atomic mass is 10.1. The third-order valence-electron chi connectivity index (χ3n) is 5.03. The van der Waals surface area contributed by atoms with E-state index in [0.717, 1.165) is 38.5 Å². The molecule has 2 N–H and O–H groups in total. The van der Waals surface area contributed by atoms with Crippen molar-refractivity contribution in [1.29, 1.82) is 0 Å².